The first kappa shape index (κ1) is 14.5. The monoisotopic (exact) mass is 251 g/mol. The molecule has 1 rings (SSSR count). The van der Waals surface area contributed by atoms with Crippen LogP contribution in [0.2, 0.25) is 0 Å². The summed E-state index contributed by atoms with van der Waals surface area (Å²) in [5.74, 6) is 6.03. The molecule has 0 aliphatic carbocycles. The van der Waals surface area contributed by atoms with Gasteiger partial charge in [-0.15, -0.1) is 0 Å². The van der Waals surface area contributed by atoms with E-state index < -0.39 is 0 Å². The number of nitrogens with two attached hydrogens (primary N) is 2. The number of hydrogen-bond acceptors (Lipinski definition) is 4. The number of aryl methyl sites for hydroxylation is 1. The Labute approximate surface area is 108 Å². The minimum Gasteiger partial charge on any atom is -0.496 e. The van der Waals surface area contributed by atoms with Gasteiger partial charge in [0.1, 0.15) is 5.75 Å². The number of rotatable bonds is 5. The van der Waals surface area contributed by atoms with Crippen LogP contribution < -0.4 is 16.3 Å². The van der Waals surface area contributed by atoms with E-state index in [0.29, 0.717) is 0 Å². The molecule has 100 valence electrons. The van der Waals surface area contributed by atoms with E-state index in [0.717, 1.165) is 28.3 Å². The molecule has 1 unspecified atom stereocenters. The lowest BCUT2D eigenvalue weighted by molar-refractivity contribution is -0.130. The highest BCUT2D eigenvalue weighted by Gasteiger charge is 2.14. The molecular weight excluding hydrogens is 230 g/mol. The standard InChI is InChI=1S/C13H21N3O2/c1-4-9-7-10(5-6-12(9)18-3)11(14)8-13(17)16(2)15/h5-7,11H,4,8,14-15H2,1-3H3. The number of hydrazine groups is 1. The molecule has 4 N–H and O–H groups in total. The number of nitrogens with zero attached hydrogens (tertiary/aromatic N) is 1. The van der Waals surface area contributed by atoms with Crippen molar-refractivity contribution in [2.75, 3.05) is 14.2 Å². The Morgan fingerprint density at radius 1 is 1.50 bits per heavy atom. The Morgan fingerprint density at radius 3 is 2.67 bits per heavy atom. The summed E-state index contributed by atoms with van der Waals surface area (Å²) in [6, 6.07) is 5.39. The van der Waals surface area contributed by atoms with Gasteiger partial charge in [-0.1, -0.05) is 19.1 Å². The Balaban J connectivity index is 2.86. The minimum atomic E-state index is -0.347. The summed E-state index contributed by atoms with van der Waals surface area (Å²) in [4.78, 5) is 11.5. The third kappa shape index (κ3) is 3.45. The summed E-state index contributed by atoms with van der Waals surface area (Å²) in [5.41, 5.74) is 8.01. The third-order valence-corrected chi connectivity index (χ3v) is 2.90. The Morgan fingerprint density at radius 2 is 2.17 bits per heavy atom. The van der Waals surface area contributed by atoms with E-state index in [4.69, 9.17) is 16.3 Å². The zero-order chi connectivity index (χ0) is 13.7. The Bertz CT molecular complexity index is 419. The highest BCUT2D eigenvalue weighted by Crippen LogP contribution is 2.24. The van der Waals surface area contributed by atoms with Gasteiger partial charge in [0.05, 0.1) is 7.11 Å². The maximum absolute atomic E-state index is 11.5. The predicted octanol–water partition coefficient (Wildman–Crippen LogP) is 0.980. The SMILES string of the molecule is CCc1cc(C(N)CC(=O)N(C)N)ccc1OC. The van der Waals surface area contributed by atoms with Crippen LogP contribution in [0, 0.1) is 0 Å². The molecule has 0 heterocycles. The summed E-state index contributed by atoms with van der Waals surface area (Å²) in [6.45, 7) is 2.05. The molecule has 18 heavy (non-hydrogen) atoms. The Kier molecular flexibility index (Phi) is 5.12. The molecule has 0 radical (unpaired) electrons. The van der Waals surface area contributed by atoms with Gasteiger partial charge in [0.25, 0.3) is 0 Å². The van der Waals surface area contributed by atoms with E-state index in [1.54, 1.807) is 7.11 Å². The Hall–Kier alpha value is -1.59. The van der Waals surface area contributed by atoms with Crippen molar-refractivity contribution in [1.29, 1.82) is 0 Å². The molecule has 1 amide bonds. The van der Waals surface area contributed by atoms with Gasteiger partial charge in [0, 0.05) is 19.5 Å². The fourth-order valence-electron chi connectivity index (χ4n) is 1.76. The van der Waals surface area contributed by atoms with Crippen LogP contribution in [0.5, 0.6) is 5.75 Å². The highest BCUT2D eigenvalue weighted by atomic mass is 16.5. The number of methoxy groups -OCH3 is 1. The van der Waals surface area contributed by atoms with Gasteiger partial charge in [-0.05, 0) is 23.6 Å². The van der Waals surface area contributed by atoms with E-state index in [1.807, 2.05) is 25.1 Å². The van der Waals surface area contributed by atoms with Crippen LogP contribution in [0.25, 0.3) is 0 Å². The number of ether oxygens (including phenoxy) is 1. The zero-order valence-electron chi connectivity index (χ0n) is 11.1. The van der Waals surface area contributed by atoms with E-state index in [1.165, 1.54) is 7.05 Å². The minimum absolute atomic E-state index is 0.184. The molecular formula is C13H21N3O2. The van der Waals surface area contributed by atoms with Crippen molar-refractivity contribution >= 4 is 5.91 Å². The molecule has 5 heteroatoms. The lowest BCUT2D eigenvalue weighted by Gasteiger charge is -2.17. The molecule has 1 aromatic carbocycles. The molecule has 0 saturated carbocycles. The molecule has 0 fully saturated rings. The van der Waals surface area contributed by atoms with Crippen LogP contribution in [-0.4, -0.2) is 25.1 Å². The van der Waals surface area contributed by atoms with Crippen LogP contribution in [-0.2, 0) is 11.2 Å². The number of carbonyl (C=O) groups is 1. The van der Waals surface area contributed by atoms with Crippen LogP contribution >= 0.6 is 0 Å². The van der Waals surface area contributed by atoms with Crippen molar-refractivity contribution < 1.29 is 9.53 Å². The second-order valence-corrected chi connectivity index (χ2v) is 4.24. The normalized spacial score (nSPS) is 12.1. The van der Waals surface area contributed by atoms with E-state index in [-0.39, 0.29) is 18.4 Å². The molecule has 5 nitrogen and oxygen atoms in total. The van der Waals surface area contributed by atoms with Gasteiger partial charge in [-0.25, -0.2) is 5.84 Å². The van der Waals surface area contributed by atoms with Gasteiger partial charge in [0.15, 0.2) is 0 Å². The van der Waals surface area contributed by atoms with E-state index >= 15 is 0 Å². The lowest BCUT2D eigenvalue weighted by atomic mass is 10.00. The second-order valence-electron chi connectivity index (χ2n) is 4.24. The van der Waals surface area contributed by atoms with Crippen molar-refractivity contribution in [1.82, 2.24) is 5.01 Å². The number of amides is 1. The summed E-state index contributed by atoms with van der Waals surface area (Å²) in [5, 5.41) is 1.06. The fraction of sp³-hybridized carbons (Fsp3) is 0.462. The summed E-state index contributed by atoms with van der Waals surface area (Å²) in [6.07, 6.45) is 1.05. The average molecular weight is 251 g/mol. The summed E-state index contributed by atoms with van der Waals surface area (Å²) in [7, 11) is 3.15. The number of hydrogen-bond donors (Lipinski definition) is 2. The van der Waals surface area contributed by atoms with Gasteiger partial charge >= 0.3 is 0 Å². The van der Waals surface area contributed by atoms with Crippen molar-refractivity contribution in [3.8, 4) is 5.75 Å². The maximum Gasteiger partial charge on any atom is 0.238 e. The maximum atomic E-state index is 11.5. The van der Waals surface area contributed by atoms with Crippen LogP contribution in [0.4, 0.5) is 0 Å². The van der Waals surface area contributed by atoms with Crippen LogP contribution in [0.3, 0.4) is 0 Å². The average Bonchev–Trinajstić information content (AvgIpc) is 2.37. The quantitative estimate of drug-likeness (QED) is 0.464. The fourth-order valence-corrected chi connectivity index (χ4v) is 1.76. The third-order valence-electron chi connectivity index (χ3n) is 2.90. The molecule has 1 aromatic rings. The summed E-state index contributed by atoms with van der Waals surface area (Å²) >= 11 is 0. The molecule has 0 aromatic heterocycles. The largest absolute Gasteiger partial charge is 0.496 e. The second kappa shape index (κ2) is 6.37. The van der Waals surface area contributed by atoms with Gasteiger partial charge < -0.3 is 10.5 Å². The smallest absolute Gasteiger partial charge is 0.238 e. The van der Waals surface area contributed by atoms with Crippen molar-refractivity contribution in [3.05, 3.63) is 29.3 Å². The predicted molar refractivity (Wildman–Crippen MR) is 70.9 cm³/mol. The molecule has 1 atom stereocenters. The number of carbonyl (C=O) groups excluding carboxylic acids is 1. The van der Waals surface area contributed by atoms with E-state index in [9.17, 15) is 4.79 Å². The van der Waals surface area contributed by atoms with Crippen molar-refractivity contribution in [3.63, 3.8) is 0 Å². The lowest BCUT2D eigenvalue weighted by Crippen LogP contribution is -2.35. The highest BCUT2D eigenvalue weighted by molar-refractivity contribution is 5.76. The van der Waals surface area contributed by atoms with Gasteiger partial charge in [-0.2, -0.15) is 0 Å². The molecule has 0 bridgehead atoms. The van der Waals surface area contributed by atoms with Crippen LogP contribution in [0.15, 0.2) is 18.2 Å². The molecule has 0 saturated heterocycles. The zero-order valence-corrected chi connectivity index (χ0v) is 11.1. The first-order chi connectivity index (χ1) is 8.49. The van der Waals surface area contributed by atoms with Crippen molar-refractivity contribution in [2.45, 2.75) is 25.8 Å². The first-order valence-corrected chi connectivity index (χ1v) is 5.93. The molecule has 0 aliphatic rings. The van der Waals surface area contributed by atoms with Crippen LogP contribution in [0.1, 0.15) is 30.5 Å². The topological polar surface area (TPSA) is 81.6 Å². The van der Waals surface area contributed by atoms with Crippen molar-refractivity contribution in [2.24, 2.45) is 11.6 Å². The molecule has 0 spiro atoms. The molecule has 0 aliphatic heterocycles. The first-order valence-electron chi connectivity index (χ1n) is 5.93. The van der Waals surface area contributed by atoms with E-state index in [2.05, 4.69) is 0 Å². The van der Waals surface area contributed by atoms with Gasteiger partial charge in [-0.3, -0.25) is 9.80 Å². The summed E-state index contributed by atoms with van der Waals surface area (Å²) < 4.78 is 5.25. The number of benzene rings is 1. The van der Waals surface area contributed by atoms with Gasteiger partial charge in [0.2, 0.25) is 5.91 Å².